The first kappa shape index (κ1) is 16.7. The van der Waals surface area contributed by atoms with Crippen LogP contribution in [0.25, 0.3) is 10.8 Å². The van der Waals surface area contributed by atoms with Crippen LogP contribution in [0.3, 0.4) is 0 Å². The van der Waals surface area contributed by atoms with Crippen molar-refractivity contribution in [2.24, 2.45) is 5.73 Å². The molecule has 7 heteroatoms. The Morgan fingerprint density at radius 2 is 2.00 bits per heavy atom. The molecule has 4 N–H and O–H groups in total. The lowest BCUT2D eigenvalue weighted by molar-refractivity contribution is 0.515. The van der Waals surface area contributed by atoms with E-state index in [1.165, 1.54) is 12.3 Å². The number of rotatable bonds is 7. The predicted octanol–water partition coefficient (Wildman–Crippen LogP) is 1.67. The van der Waals surface area contributed by atoms with Gasteiger partial charge in [-0.05, 0) is 24.6 Å². The normalized spacial score (nSPS) is 13.4. The smallest absolute Gasteiger partial charge is 0.255 e. The van der Waals surface area contributed by atoms with Crippen LogP contribution >= 0.6 is 0 Å². The Morgan fingerprint density at radius 3 is 2.73 bits per heavy atom. The Morgan fingerprint density at radius 1 is 1.23 bits per heavy atom. The van der Waals surface area contributed by atoms with E-state index in [0.29, 0.717) is 17.2 Å². The summed E-state index contributed by atoms with van der Waals surface area (Å²) in [6.07, 6.45) is 4.32. The molecule has 22 heavy (non-hydrogen) atoms. The summed E-state index contributed by atoms with van der Waals surface area (Å²) in [6, 6.07) is 6.19. The fraction of sp³-hybridized carbons (Fsp3) is 0.400. The highest BCUT2D eigenvalue weighted by molar-refractivity contribution is 7.89. The lowest BCUT2D eigenvalue weighted by atomic mass is 10.2. The molecule has 0 radical (unpaired) electrons. The lowest BCUT2D eigenvalue weighted by Crippen LogP contribution is -2.41. The second kappa shape index (κ2) is 7.04. The zero-order valence-corrected chi connectivity index (χ0v) is 13.3. The van der Waals surface area contributed by atoms with E-state index in [1.807, 2.05) is 0 Å². The second-order valence-electron chi connectivity index (χ2n) is 5.25. The Bertz CT molecular complexity index is 799. The SMILES string of the molecule is CCCCCC(N)NS(=O)(=O)c1cccc2c(=O)[nH]ccc12. The molecule has 0 aliphatic heterocycles. The molecule has 0 bridgehead atoms. The van der Waals surface area contributed by atoms with Gasteiger partial charge < -0.3 is 10.7 Å². The predicted molar refractivity (Wildman–Crippen MR) is 87.0 cm³/mol. The van der Waals surface area contributed by atoms with E-state index in [1.54, 1.807) is 18.2 Å². The van der Waals surface area contributed by atoms with Crippen molar-refractivity contribution in [2.75, 3.05) is 0 Å². The van der Waals surface area contributed by atoms with Gasteiger partial charge in [0.1, 0.15) is 0 Å². The number of nitrogens with two attached hydrogens (primary N) is 1. The first-order valence-corrected chi connectivity index (χ1v) is 8.82. The number of hydrogen-bond donors (Lipinski definition) is 3. The van der Waals surface area contributed by atoms with Gasteiger partial charge in [0.15, 0.2) is 0 Å². The van der Waals surface area contributed by atoms with Crippen molar-refractivity contribution >= 4 is 20.8 Å². The topological polar surface area (TPSA) is 105 Å². The molecule has 0 fully saturated rings. The van der Waals surface area contributed by atoms with Crippen LogP contribution in [-0.4, -0.2) is 19.6 Å². The zero-order valence-electron chi connectivity index (χ0n) is 12.5. The number of H-pyrrole nitrogens is 1. The molecule has 1 heterocycles. The van der Waals surface area contributed by atoms with Crippen LogP contribution in [0.5, 0.6) is 0 Å². The number of benzene rings is 1. The van der Waals surface area contributed by atoms with E-state index in [9.17, 15) is 13.2 Å². The van der Waals surface area contributed by atoms with Gasteiger partial charge in [-0.3, -0.25) is 4.79 Å². The molecule has 0 aliphatic rings. The number of unbranched alkanes of at least 4 members (excludes halogenated alkanes) is 2. The molecular formula is C15H21N3O3S. The van der Waals surface area contributed by atoms with Crippen LogP contribution in [0, 0.1) is 0 Å². The van der Waals surface area contributed by atoms with Crippen LogP contribution in [0.4, 0.5) is 0 Å². The third-order valence-corrected chi connectivity index (χ3v) is 5.04. The fourth-order valence-electron chi connectivity index (χ4n) is 2.36. The highest BCUT2D eigenvalue weighted by Gasteiger charge is 2.20. The summed E-state index contributed by atoms with van der Waals surface area (Å²) in [5, 5.41) is 0.726. The zero-order chi connectivity index (χ0) is 16.2. The Kier molecular flexibility index (Phi) is 5.33. The number of fused-ring (bicyclic) bond motifs is 1. The van der Waals surface area contributed by atoms with Gasteiger partial charge in [-0.25, -0.2) is 8.42 Å². The van der Waals surface area contributed by atoms with E-state index in [4.69, 9.17) is 5.73 Å². The highest BCUT2D eigenvalue weighted by atomic mass is 32.2. The van der Waals surface area contributed by atoms with Crippen LogP contribution < -0.4 is 16.0 Å². The molecular weight excluding hydrogens is 302 g/mol. The lowest BCUT2D eigenvalue weighted by Gasteiger charge is -2.15. The van der Waals surface area contributed by atoms with Gasteiger partial charge in [-0.2, -0.15) is 4.72 Å². The van der Waals surface area contributed by atoms with Crippen molar-refractivity contribution in [1.29, 1.82) is 0 Å². The van der Waals surface area contributed by atoms with Crippen molar-refractivity contribution in [2.45, 2.75) is 43.7 Å². The molecule has 0 aliphatic carbocycles. The average Bonchev–Trinajstić information content (AvgIpc) is 2.47. The largest absolute Gasteiger partial charge is 0.329 e. The second-order valence-corrected chi connectivity index (χ2v) is 6.93. The number of hydrogen-bond acceptors (Lipinski definition) is 4. The minimum Gasteiger partial charge on any atom is -0.329 e. The molecule has 0 spiro atoms. The molecule has 1 unspecified atom stereocenters. The molecule has 0 saturated heterocycles. The van der Waals surface area contributed by atoms with E-state index < -0.39 is 16.2 Å². The van der Waals surface area contributed by atoms with Gasteiger partial charge in [0.2, 0.25) is 10.0 Å². The molecule has 120 valence electrons. The maximum absolute atomic E-state index is 12.5. The van der Waals surface area contributed by atoms with Crippen molar-refractivity contribution < 1.29 is 8.42 Å². The van der Waals surface area contributed by atoms with Crippen molar-refractivity contribution in [1.82, 2.24) is 9.71 Å². The number of aromatic amines is 1. The number of pyridine rings is 1. The maximum Gasteiger partial charge on any atom is 0.255 e. The molecule has 2 rings (SSSR count). The molecule has 1 aromatic heterocycles. The summed E-state index contributed by atoms with van der Waals surface area (Å²) in [7, 11) is -3.77. The Balaban J connectivity index is 2.30. The fourth-order valence-corrected chi connectivity index (χ4v) is 3.73. The summed E-state index contributed by atoms with van der Waals surface area (Å²) in [5.41, 5.74) is 5.54. The van der Waals surface area contributed by atoms with Crippen molar-refractivity contribution in [3.8, 4) is 0 Å². The van der Waals surface area contributed by atoms with E-state index >= 15 is 0 Å². The molecule has 6 nitrogen and oxygen atoms in total. The number of aromatic nitrogens is 1. The Hall–Kier alpha value is -1.70. The van der Waals surface area contributed by atoms with Gasteiger partial charge >= 0.3 is 0 Å². The standard InChI is InChI=1S/C15H21N3O3S/c1-2-3-4-8-14(16)18-22(20,21)13-7-5-6-12-11(13)9-10-17-15(12)19/h5-7,9-10,14,18H,2-4,8,16H2,1H3,(H,17,19). The minimum absolute atomic E-state index is 0.0713. The summed E-state index contributed by atoms with van der Waals surface area (Å²) in [6.45, 7) is 2.07. The third-order valence-electron chi connectivity index (χ3n) is 3.49. The van der Waals surface area contributed by atoms with Crippen LogP contribution in [-0.2, 0) is 10.0 Å². The molecule has 0 saturated carbocycles. The highest BCUT2D eigenvalue weighted by Crippen LogP contribution is 2.20. The molecule has 1 aromatic carbocycles. The van der Waals surface area contributed by atoms with Gasteiger partial charge in [0.25, 0.3) is 5.56 Å². The Labute approximate surface area is 129 Å². The van der Waals surface area contributed by atoms with Crippen LogP contribution in [0.2, 0.25) is 0 Å². The monoisotopic (exact) mass is 323 g/mol. The summed E-state index contributed by atoms with van der Waals surface area (Å²) >= 11 is 0. The maximum atomic E-state index is 12.5. The summed E-state index contributed by atoms with van der Waals surface area (Å²) < 4.78 is 27.5. The van der Waals surface area contributed by atoms with Crippen LogP contribution in [0.1, 0.15) is 32.6 Å². The summed E-state index contributed by atoms with van der Waals surface area (Å²) in [5.74, 6) is 0. The quantitative estimate of drug-likeness (QED) is 0.532. The summed E-state index contributed by atoms with van der Waals surface area (Å²) in [4.78, 5) is 14.4. The van der Waals surface area contributed by atoms with Crippen molar-refractivity contribution in [3.63, 3.8) is 0 Å². The van der Waals surface area contributed by atoms with E-state index in [-0.39, 0.29) is 10.5 Å². The first-order chi connectivity index (χ1) is 10.5. The van der Waals surface area contributed by atoms with Crippen molar-refractivity contribution in [3.05, 3.63) is 40.8 Å². The van der Waals surface area contributed by atoms with Crippen LogP contribution in [0.15, 0.2) is 40.2 Å². The average molecular weight is 323 g/mol. The van der Waals surface area contributed by atoms with E-state index in [0.717, 1.165) is 19.3 Å². The first-order valence-electron chi connectivity index (χ1n) is 7.34. The molecule has 0 amide bonds. The minimum atomic E-state index is -3.77. The van der Waals surface area contributed by atoms with E-state index in [2.05, 4.69) is 16.6 Å². The van der Waals surface area contributed by atoms with Gasteiger partial charge in [0, 0.05) is 17.0 Å². The van der Waals surface area contributed by atoms with Gasteiger partial charge in [0.05, 0.1) is 11.1 Å². The molecule has 1 atom stereocenters. The molecule has 2 aromatic rings. The van der Waals surface area contributed by atoms with Gasteiger partial charge in [-0.15, -0.1) is 0 Å². The van der Waals surface area contributed by atoms with Gasteiger partial charge in [-0.1, -0.05) is 32.3 Å². The number of sulfonamides is 1. The third kappa shape index (κ3) is 3.73. The number of nitrogens with one attached hydrogen (secondary N) is 2.